The van der Waals surface area contributed by atoms with E-state index in [9.17, 15) is 12.8 Å². The third kappa shape index (κ3) is 2.51. The molecule has 104 valence electrons. The number of hydrogen-bond acceptors (Lipinski definition) is 4. The number of nitrogens with one attached hydrogen (secondary N) is 1. The lowest BCUT2D eigenvalue weighted by Gasteiger charge is -2.41. The summed E-state index contributed by atoms with van der Waals surface area (Å²) >= 11 is 0. The molecule has 19 heavy (non-hydrogen) atoms. The lowest BCUT2D eigenvalue weighted by molar-refractivity contribution is -0.0824. The van der Waals surface area contributed by atoms with Crippen molar-refractivity contribution in [1.82, 2.24) is 9.62 Å². The van der Waals surface area contributed by atoms with Gasteiger partial charge in [-0.05, 0) is 18.2 Å². The van der Waals surface area contributed by atoms with E-state index in [4.69, 9.17) is 4.74 Å². The molecule has 1 aromatic carbocycles. The smallest absolute Gasteiger partial charge is 0.243 e. The zero-order valence-electron chi connectivity index (χ0n) is 10.3. The summed E-state index contributed by atoms with van der Waals surface area (Å²) in [7, 11) is -3.64. The lowest BCUT2D eigenvalue weighted by atomic mass is 10.2. The standard InChI is InChI=1S/C12H15FN2O3S/c13-9-2-1-3-12(4-9)19(16,17)15-7-10-5-14-6-11(8-15)18-10/h1-4,10-11,14H,5-8H2/t10-,11-/m0/s1. The first-order valence-corrected chi connectivity index (χ1v) is 7.61. The first kappa shape index (κ1) is 13.0. The minimum Gasteiger partial charge on any atom is -0.370 e. The fraction of sp³-hybridized carbons (Fsp3) is 0.500. The summed E-state index contributed by atoms with van der Waals surface area (Å²) in [6.45, 7) is 1.90. The van der Waals surface area contributed by atoms with Crippen LogP contribution in [0.5, 0.6) is 0 Å². The van der Waals surface area contributed by atoms with Crippen LogP contribution < -0.4 is 5.32 Å². The van der Waals surface area contributed by atoms with Crippen LogP contribution in [0.15, 0.2) is 29.2 Å². The average molecular weight is 286 g/mol. The summed E-state index contributed by atoms with van der Waals surface area (Å²) in [6, 6.07) is 5.11. The highest BCUT2D eigenvalue weighted by Gasteiger charge is 2.37. The van der Waals surface area contributed by atoms with Gasteiger partial charge in [0.2, 0.25) is 10.0 Å². The summed E-state index contributed by atoms with van der Waals surface area (Å²) in [5.74, 6) is -0.545. The molecule has 2 fully saturated rings. The summed E-state index contributed by atoms with van der Waals surface area (Å²) < 4.78 is 45.1. The van der Waals surface area contributed by atoms with Gasteiger partial charge in [-0.3, -0.25) is 0 Å². The second-order valence-electron chi connectivity index (χ2n) is 4.82. The molecule has 2 bridgehead atoms. The van der Waals surface area contributed by atoms with E-state index in [1.54, 1.807) is 0 Å². The molecule has 0 saturated carbocycles. The molecule has 1 N–H and O–H groups in total. The maximum Gasteiger partial charge on any atom is 0.243 e. The number of morpholine rings is 2. The number of benzene rings is 1. The van der Waals surface area contributed by atoms with Crippen molar-refractivity contribution in [2.45, 2.75) is 17.1 Å². The molecule has 2 saturated heterocycles. The van der Waals surface area contributed by atoms with Crippen molar-refractivity contribution in [2.75, 3.05) is 26.2 Å². The number of sulfonamides is 1. The SMILES string of the molecule is O=S(=O)(c1cccc(F)c1)N1C[C@@H]2CNC[C@@H](C1)O2. The zero-order chi connectivity index (χ0) is 13.5. The quantitative estimate of drug-likeness (QED) is 0.843. The van der Waals surface area contributed by atoms with E-state index in [0.29, 0.717) is 26.2 Å². The van der Waals surface area contributed by atoms with Gasteiger partial charge in [-0.15, -0.1) is 0 Å². The fourth-order valence-corrected chi connectivity index (χ4v) is 4.03. The normalized spacial score (nSPS) is 28.3. The summed E-state index contributed by atoms with van der Waals surface area (Å²) in [4.78, 5) is 0.000401. The van der Waals surface area contributed by atoms with E-state index >= 15 is 0 Å². The molecule has 0 amide bonds. The van der Waals surface area contributed by atoms with Gasteiger partial charge >= 0.3 is 0 Å². The number of fused-ring (bicyclic) bond motifs is 2. The molecule has 7 heteroatoms. The third-order valence-corrected chi connectivity index (χ3v) is 5.20. The Balaban J connectivity index is 1.88. The number of rotatable bonds is 2. The number of nitrogens with zero attached hydrogens (tertiary/aromatic N) is 1. The van der Waals surface area contributed by atoms with Crippen molar-refractivity contribution in [3.8, 4) is 0 Å². The molecule has 1 aromatic rings. The fourth-order valence-electron chi connectivity index (χ4n) is 2.49. The maximum absolute atomic E-state index is 13.2. The number of hydrogen-bond donors (Lipinski definition) is 1. The van der Waals surface area contributed by atoms with E-state index in [2.05, 4.69) is 5.32 Å². The van der Waals surface area contributed by atoms with Crippen molar-refractivity contribution in [3.05, 3.63) is 30.1 Å². The molecule has 0 spiro atoms. The van der Waals surface area contributed by atoms with Crippen LogP contribution in [0.3, 0.4) is 0 Å². The van der Waals surface area contributed by atoms with Crippen LogP contribution in [-0.4, -0.2) is 51.1 Å². The Morgan fingerprint density at radius 2 is 1.95 bits per heavy atom. The highest BCUT2D eigenvalue weighted by atomic mass is 32.2. The highest BCUT2D eigenvalue weighted by molar-refractivity contribution is 7.89. The maximum atomic E-state index is 13.2. The Labute approximate surface area is 111 Å². The summed E-state index contributed by atoms with van der Waals surface area (Å²) in [5, 5.41) is 3.20. The average Bonchev–Trinajstić information content (AvgIpc) is 2.38. The van der Waals surface area contributed by atoms with Gasteiger partial charge < -0.3 is 10.1 Å². The number of ether oxygens (including phenoxy) is 1. The largest absolute Gasteiger partial charge is 0.370 e. The predicted molar refractivity (Wildman–Crippen MR) is 66.7 cm³/mol. The Kier molecular flexibility index (Phi) is 3.30. The van der Waals surface area contributed by atoms with Crippen molar-refractivity contribution in [1.29, 1.82) is 0 Å². The summed E-state index contributed by atoms with van der Waals surface area (Å²) in [5.41, 5.74) is 0. The predicted octanol–water partition coefficient (Wildman–Crippen LogP) is 0.187. The van der Waals surface area contributed by atoms with Crippen LogP contribution in [-0.2, 0) is 14.8 Å². The van der Waals surface area contributed by atoms with Crippen LogP contribution in [0.4, 0.5) is 4.39 Å². The van der Waals surface area contributed by atoms with E-state index in [1.165, 1.54) is 22.5 Å². The van der Waals surface area contributed by atoms with Gasteiger partial charge in [0.25, 0.3) is 0 Å². The van der Waals surface area contributed by atoms with Crippen molar-refractivity contribution >= 4 is 10.0 Å². The second kappa shape index (κ2) is 4.82. The van der Waals surface area contributed by atoms with E-state index in [0.717, 1.165) is 6.07 Å². The summed E-state index contributed by atoms with van der Waals surface area (Å²) in [6.07, 6.45) is -0.258. The van der Waals surface area contributed by atoms with Crippen molar-refractivity contribution < 1.29 is 17.5 Å². The molecule has 2 aliphatic rings. The van der Waals surface area contributed by atoms with Gasteiger partial charge in [-0.25, -0.2) is 12.8 Å². The van der Waals surface area contributed by atoms with Gasteiger partial charge in [-0.1, -0.05) is 6.07 Å². The first-order valence-electron chi connectivity index (χ1n) is 6.17. The van der Waals surface area contributed by atoms with Gasteiger partial charge in [-0.2, -0.15) is 4.31 Å². The molecular weight excluding hydrogens is 271 g/mol. The topological polar surface area (TPSA) is 58.6 Å². The third-order valence-electron chi connectivity index (χ3n) is 3.38. The van der Waals surface area contributed by atoms with Gasteiger partial charge in [0.15, 0.2) is 0 Å². The second-order valence-corrected chi connectivity index (χ2v) is 6.76. The zero-order valence-corrected chi connectivity index (χ0v) is 11.1. The minimum absolute atomic E-state index is 0.000401. The Morgan fingerprint density at radius 1 is 1.26 bits per heavy atom. The van der Waals surface area contributed by atoms with Crippen LogP contribution in [0.1, 0.15) is 0 Å². The Bertz CT molecular complexity index is 566. The molecule has 2 aliphatic heterocycles. The van der Waals surface area contributed by atoms with Gasteiger partial charge in [0, 0.05) is 26.2 Å². The molecule has 3 rings (SSSR count). The lowest BCUT2D eigenvalue weighted by Crippen LogP contribution is -2.59. The molecule has 5 nitrogen and oxygen atoms in total. The Morgan fingerprint density at radius 3 is 2.58 bits per heavy atom. The van der Waals surface area contributed by atoms with Crippen molar-refractivity contribution in [3.63, 3.8) is 0 Å². The monoisotopic (exact) mass is 286 g/mol. The molecular formula is C12H15FN2O3S. The molecule has 0 unspecified atom stereocenters. The first-order chi connectivity index (χ1) is 9.05. The molecule has 0 radical (unpaired) electrons. The van der Waals surface area contributed by atoms with Crippen LogP contribution >= 0.6 is 0 Å². The number of halogens is 1. The van der Waals surface area contributed by atoms with Gasteiger partial charge in [0.1, 0.15) is 5.82 Å². The van der Waals surface area contributed by atoms with E-state index < -0.39 is 15.8 Å². The molecule has 0 aromatic heterocycles. The molecule has 0 aliphatic carbocycles. The van der Waals surface area contributed by atoms with Gasteiger partial charge in [0.05, 0.1) is 17.1 Å². The minimum atomic E-state index is -3.64. The molecule has 2 heterocycles. The molecule has 2 atom stereocenters. The van der Waals surface area contributed by atoms with E-state index in [-0.39, 0.29) is 17.1 Å². The van der Waals surface area contributed by atoms with E-state index in [1.807, 2.05) is 0 Å². The van der Waals surface area contributed by atoms with Crippen molar-refractivity contribution in [2.24, 2.45) is 0 Å². The Hall–Kier alpha value is -1.02. The highest BCUT2D eigenvalue weighted by Crippen LogP contribution is 2.22. The van der Waals surface area contributed by atoms with Crippen LogP contribution in [0.25, 0.3) is 0 Å². The van der Waals surface area contributed by atoms with Crippen LogP contribution in [0.2, 0.25) is 0 Å². The van der Waals surface area contributed by atoms with Crippen LogP contribution in [0, 0.1) is 5.82 Å².